The van der Waals surface area contributed by atoms with Crippen molar-refractivity contribution in [3.8, 4) is 0 Å². The van der Waals surface area contributed by atoms with Crippen LogP contribution < -0.4 is 0 Å². The molecule has 1 atom stereocenters. The molecule has 1 aliphatic rings. The monoisotopic (exact) mass is 181 g/mol. The third kappa shape index (κ3) is 3.70. The summed E-state index contributed by atoms with van der Waals surface area (Å²) in [5, 5.41) is 0. The molecule has 0 N–H and O–H groups in total. The second-order valence-electron chi connectivity index (χ2n) is 5.71. The number of rotatable bonds is 3. The minimum Gasteiger partial charge on any atom is -0.0654 e. The molecular formula is C13H25. The van der Waals surface area contributed by atoms with E-state index < -0.39 is 0 Å². The van der Waals surface area contributed by atoms with Crippen LogP contribution in [-0.4, -0.2) is 0 Å². The molecule has 13 heavy (non-hydrogen) atoms. The van der Waals surface area contributed by atoms with Gasteiger partial charge < -0.3 is 0 Å². The van der Waals surface area contributed by atoms with Crippen molar-refractivity contribution in [3.05, 3.63) is 5.92 Å². The summed E-state index contributed by atoms with van der Waals surface area (Å²) in [5.41, 5.74) is 0.584. The van der Waals surface area contributed by atoms with E-state index in [0.29, 0.717) is 5.41 Å². The molecule has 0 heteroatoms. The topological polar surface area (TPSA) is 0 Å². The largest absolute Gasteiger partial charge is 0.0654 e. The smallest absolute Gasteiger partial charge is 0.0233 e. The molecule has 1 aliphatic carbocycles. The molecule has 1 saturated carbocycles. The summed E-state index contributed by atoms with van der Waals surface area (Å²) < 4.78 is 0. The van der Waals surface area contributed by atoms with Crippen LogP contribution in [0, 0.1) is 17.3 Å². The van der Waals surface area contributed by atoms with Gasteiger partial charge in [-0.25, -0.2) is 0 Å². The summed E-state index contributed by atoms with van der Waals surface area (Å²) in [6.07, 6.45) is 8.35. The van der Waals surface area contributed by atoms with Crippen LogP contribution in [0.4, 0.5) is 0 Å². The van der Waals surface area contributed by atoms with Gasteiger partial charge in [0.2, 0.25) is 0 Å². The third-order valence-corrected chi connectivity index (χ3v) is 3.15. The lowest BCUT2D eigenvalue weighted by Gasteiger charge is -2.38. The van der Waals surface area contributed by atoms with Crippen LogP contribution in [-0.2, 0) is 0 Å². The fourth-order valence-electron chi connectivity index (χ4n) is 2.95. The lowest BCUT2D eigenvalue weighted by Crippen LogP contribution is -2.26. The molecule has 0 aromatic rings. The maximum absolute atomic E-state index is 2.43. The zero-order chi connectivity index (χ0) is 9.90. The van der Waals surface area contributed by atoms with E-state index in [2.05, 4.69) is 27.7 Å². The summed E-state index contributed by atoms with van der Waals surface area (Å²) in [4.78, 5) is 0. The molecule has 1 unspecified atom stereocenters. The number of hydrogen-bond acceptors (Lipinski definition) is 0. The molecule has 77 valence electrons. The van der Waals surface area contributed by atoms with E-state index in [-0.39, 0.29) is 0 Å². The average Bonchev–Trinajstić information content (AvgIpc) is 1.97. The highest BCUT2D eigenvalue weighted by molar-refractivity contribution is 5.00. The van der Waals surface area contributed by atoms with Gasteiger partial charge in [0.15, 0.2) is 0 Å². The zero-order valence-corrected chi connectivity index (χ0v) is 9.82. The van der Waals surface area contributed by atoms with Crippen molar-refractivity contribution in [2.45, 2.75) is 66.2 Å². The molecule has 1 rings (SSSR count). The molecule has 0 nitrogen and oxygen atoms in total. The first kappa shape index (κ1) is 11.1. The molecule has 0 bridgehead atoms. The SMILES string of the molecule is CCCC[C]1CC(C)CC(C)(C)C1. The fraction of sp³-hybridized carbons (Fsp3) is 0.923. The Bertz CT molecular complexity index is 146. The highest BCUT2D eigenvalue weighted by atomic mass is 14.4. The van der Waals surface area contributed by atoms with Crippen LogP contribution in [0.5, 0.6) is 0 Å². The molecule has 0 spiro atoms. The van der Waals surface area contributed by atoms with E-state index in [9.17, 15) is 0 Å². The van der Waals surface area contributed by atoms with Gasteiger partial charge in [-0.2, -0.15) is 0 Å². The average molecular weight is 181 g/mol. The van der Waals surface area contributed by atoms with Crippen molar-refractivity contribution >= 4 is 0 Å². The summed E-state index contributed by atoms with van der Waals surface area (Å²) in [7, 11) is 0. The van der Waals surface area contributed by atoms with Gasteiger partial charge in [-0.05, 0) is 42.9 Å². The third-order valence-electron chi connectivity index (χ3n) is 3.15. The lowest BCUT2D eigenvalue weighted by atomic mass is 9.67. The molecule has 0 aliphatic heterocycles. The zero-order valence-electron chi connectivity index (χ0n) is 9.82. The summed E-state index contributed by atoms with van der Waals surface area (Å²) >= 11 is 0. The molecule has 0 heterocycles. The van der Waals surface area contributed by atoms with E-state index in [1.807, 2.05) is 5.92 Å². The highest BCUT2D eigenvalue weighted by Gasteiger charge is 2.31. The minimum atomic E-state index is 0.584. The van der Waals surface area contributed by atoms with Gasteiger partial charge in [0.25, 0.3) is 0 Å². The van der Waals surface area contributed by atoms with E-state index in [1.54, 1.807) is 0 Å². The maximum Gasteiger partial charge on any atom is -0.0233 e. The normalized spacial score (nSPS) is 29.1. The van der Waals surface area contributed by atoms with Gasteiger partial charge in [-0.1, -0.05) is 40.5 Å². The van der Waals surface area contributed by atoms with Crippen LogP contribution >= 0.6 is 0 Å². The van der Waals surface area contributed by atoms with Crippen molar-refractivity contribution in [3.63, 3.8) is 0 Å². The first-order valence-electron chi connectivity index (χ1n) is 5.87. The number of unbranched alkanes of at least 4 members (excludes halogenated alkanes) is 1. The highest BCUT2D eigenvalue weighted by Crippen LogP contribution is 2.44. The fourth-order valence-corrected chi connectivity index (χ4v) is 2.95. The van der Waals surface area contributed by atoms with E-state index in [4.69, 9.17) is 0 Å². The Morgan fingerprint density at radius 2 is 2.08 bits per heavy atom. The van der Waals surface area contributed by atoms with Crippen molar-refractivity contribution < 1.29 is 0 Å². The van der Waals surface area contributed by atoms with Gasteiger partial charge in [0, 0.05) is 0 Å². The molecule has 0 saturated heterocycles. The van der Waals surface area contributed by atoms with E-state index in [1.165, 1.54) is 38.5 Å². The Labute approximate surface area is 84.1 Å². The Morgan fingerprint density at radius 1 is 1.38 bits per heavy atom. The van der Waals surface area contributed by atoms with Crippen molar-refractivity contribution in [1.82, 2.24) is 0 Å². The summed E-state index contributed by atoms with van der Waals surface area (Å²) in [6, 6.07) is 0. The van der Waals surface area contributed by atoms with Crippen molar-refractivity contribution in [1.29, 1.82) is 0 Å². The van der Waals surface area contributed by atoms with Gasteiger partial charge in [-0.3, -0.25) is 0 Å². The van der Waals surface area contributed by atoms with Crippen LogP contribution in [0.3, 0.4) is 0 Å². The Hall–Kier alpha value is 0. The van der Waals surface area contributed by atoms with Crippen molar-refractivity contribution in [2.75, 3.05) is 0 Å². The summed E-state index contributed by atoms with van der Waals surface area (Å²) in [6.45, 7) is 9.55. The van der Waals surface area contributed by atoms with Crippen molar-refractivity contribution in [2.24, 2.45) is 11.3 Å². The van der Waals surface area contributed by atoms with E-state index in [0.717, 1.165) is 5.92 Å². The second kappa shape index (κ2) is 4.48. The van der Waals surface area contributed by atoms with Crippen LogP contribution in [0.2, 0.25) is 0 Å². The van der Waals surface area contributed by atoms with Crippen LogP contribution in [0.1, 0.15) is 66.2 Å². The first-order chi connectivity index (χ1) is 6.03. The first-order valence-corrected chi connectivity index (χ1v) is 5.87. The second-order valence-corrected chi connectivity index (χ2v) is 5.71. The molecular weight excluding hydrogens is 156 g/mol. The standard InChI is InChI=1S/C13H25/c1-5-6-7-12-8-11(2)9-13(3,4)10-12/h11H,5-10H2,1-4H3. The molecule has 0 amide bonds. The maximum atomic E-state index is 2.43. The van der Waals surface area contributed by atoms with Crippen LogP contribution in [0.25, 0.3) is 0 Å². The molecule has 0 aromatic carbocycles. The van der Waals surface area contributed by atoms with E-state index >= 15 is 0 Å². The van der Waals surface area contributed by atoms with Gasteiger partial charge in [-0.15, -0.1) is 0 Å². The lowest BCUT2D eigenvalue weighted by molar-refractivity contribution is 0.203. The molecule has 1 radical (unpaired) electrons. The minimum absolute atomic E-state index is 0.584. The van der Waals surface area contributed by atoms with Gasteiger partial charge >= 0.3 is 0 Å². The predicted molar refractivity (Wildman–Crippen MR) is 59.6 cm³/mol. The van der Waals surface area contributed by atoms with Gasteiger partial charge in [0.05, 0.1) is 0 Å². The van der Waals surface area contributed by atoms with Gasteiger partial charge in [0.1, 0.15) is 0 Å². The molecule has 0 aromatic heterocycles. The Morgan fingerprint density at radius 3 is 2.62 bits per heavy atom. The molecule has 1 fully saturated rings. The Kier molecular flexibility index (Phi) is 3.82. The summed E-state index contributed by atoms with van der Waals surface area (Å²) in [5.74, 6) is 2.77. The quantitative estimate of drug-likeness (QED) is 0.597. The number of hydrogen-bond donors (Lipinski definition) is 0. The Balaban J connectivity index is 2.38. The van der Waals surface area contributed by atoms with Crippen LogP contribution in [0.15, 0.2) is 0 Å². The predicted octanol–water partition coefficient (Wildman–Crippen LogP) is 4.60.